The van der Waals surface area contributed by atoms with Gasteiger partial charge in [-0.05, 0) is 84.8 Å². The van der Waals surface area contributed by atoms with E-state index in [0.717, 1.165) is 46.7 Å². The average molecular weight is 470 g/mol. The lowest BCUT2D eigenvalue weighted by molar-refractivity contribution is 0.261. The van der Waals surface area contributed by atoms with E-state index in [4.69, 9.17) is 32.7 Å². The van der Waals surface area contributed by atoms with E-state index >= 15 is 0 Å². The van der Waals surface area contributed by atoms with Gasteiger partial charge in [0.25, 0.3) is 0 Å². The number of rotatable bonds is 10. The molecule has 3 nitrogen and oxygen atoms in total. The van der Waals surface area contributed by atoms with Crippen LogP contribution in [0.25, 0.3) is 11.1 Å². The van der Waals surface area contributed by atoms with Gasteiger partial charge in [-0.2, -0.15) is 0 Å². The molecule has 0 heterocycles. The normalized spacial score (nSPS) is 11.9. The van der Waals surface area contributed by atoms with Crippen LogP contribution in [0.4, 0.5) is 0 Å². The van der Waals surface area contributed by atoms with Crippen LogP contribution in [0.2, 0.25) is 5.02 Å². The lowest BCUT2D eigenvalue weighted by Crippen LogP contribution is -2.19. The molecule has 0 amide bonds. The summed E-state index contributed by atoms with van der Waals surface area (Å²) in [7, 11) is 5.74. The standard InChI is InChI=1S/C27H29Cl2NO2/c1-30(2)18-19-32-25-14-8-22(9-15-25)27(21-6-12-24(31-3)13-7-21)26(16-17-28)20-4-10-23(29)11-5-20/h4-15H,16-19H2,1-3H3/b27-26-. The first-order valence-electron chi connectivity index (χ1n) is 10.6. The van der Waals surface area contributed by atoms with Crippen LogP contribution < -0.4 is 9.47 Å². The van der Waals surface area contributed by atoms with E-state index in [1.807, 2.05) is 62.6 Å². The number of ether oxygens (including phenoxy) is 2. The number of alkyl halides is 1. The Kier molecular flexibility index (Phi) is 9.04. The summed E-state index contributed by atoms with van der Waals surface area (Å²) in [5.74, 6) is 2.20. The summed E-state index contributed by atoms with van der Waals surface area (Å²) in [5.41, 5.74) is 5.61. The third-order valence-electron chi connectivity index (χ3n) is 5.17. The molecule has 0 radical (unpaired) electrons. The van der Waals surface area contributed by atoms with Crippen molar-refractivity contribution in [3.05, 3.63) is 94.5 Å². The summed E-state index contributed by atoms with van der Waals surface area (Å²) in [5, 5.41) is 0.712. The van der Waals surface area contributed by atoms with Gasteiger partial charge in [0.15, 0.2) is 0 Å². The highest BCUT2D eigenvalue weighted by molar-refractivity contribution is 6.30. The average Bonchev–Trinajstić information content (AvgIpc) is 2.80. The highest BCUT2D eigenvalue weighted by Crippen LogP contribution is 2.36. The van der Waals surface area contributed by atoms with E-state index in [2.05, 4.69) is 29.2 Å². The first kappa shape index (κ1) is 24.2. The minimum absolute atomic E-state index is 0.517. The number of allylic oxidation sites excluding steroid dienone is 1. The minimum Gasteiger partial charge on any atom is -0.497 e. The van der Waals surface area contributed by atoms with Crippen LogP contribution in [0.5, 0.6) is 11.5 Å². The fourth-order valence-corrected chi connectivity index (χ4v) is 3.81. The van der Waals surface area contributed by atoms with E-state index in [1.54, 1.807) is 7.11 Å². The zero-order valence-electron chi connectivity index (χ0n) is 18.8. The fourth-order valence-electron chi connectivity index (χ4n) is 3.50. The summed E-state index contributed by atoms with van der Waals surface area (Å²) in [6, 6.07) is 24.3. The van der Waals surface area contributed by atoms with Crippen molar-refractivity contribution in [2.75, 3.05) is 40.2 Å². The molecule has 0 aliphatic carbocycles. The molecule has 168 valence electrons. The molecular formula is C27H29Cl2NO2. The maximum Gasteiger partial charge on any atom is 0.119 e. The molecule has 0 aliphatic heterocycles. The molecule has 0 aliphatic rings. The Morgan fingerprint density at radius 3 is 1.81 bits per heavy atom. The van der Waals surface area contributed by atoms with Crippen LogP contribution in [-0.2, 0) is 0 Å². The van der Waals surface area contributed by atoms with Crippen LogP contribution in [0.1, 0.15) is 23.1 Å². The molecule has 3 rings (SSSR count). The van der Waals surface area contributed by atoms with Gasteiger partial charge in [0, 0.05) is 17.4 Å². The predicted octanol–water partition coefficient (Wildman–Crippen LogP) is 6.88. The maximum atomic E-state index is 6.25. The predicted molar refractivity (Wildman–Crippen MR) is 136 cm³/mol. The number of halogens is 2. The molecule has 3 aromatic rings. The molecule has 0 saturated heterocycles. The van der Waals surface area contributed by atoms with Crippen LogP contribution in [-0.4, -0.2) is 45.1 Å². The summed E-state index contributed by atoms with van der Waals surface area (Å²) >= 11 is 12.4. The largest absolute Gasteiger partial charge is 0.497 e. The van der Waals surface area contributed by atoms with Crippen molar-refractivity contribution in [3.63, 3.8) is 0 Å². The van der Waals surface area contributed by atoms with Gasteiger partial charge in [0.1, 0.15) is 18.1 Å². The quantitative estimate of drug-likeness (QED) is 0.238. The minimum atomic E-state index is 0.517. The third-order valence-corrected chi connectivity index (χ3v) is 5.61. The van der Waals surface area contributed by atoms with Crippen LogP contribution >= 0.6 is 23.2 Å². The highest BCUT2D eigenvalue weighted by atomic mass is 35.5. The zero-order valence-corrected chi connectivity index (χ0v) is 20.3. The molecule has 0 saturated carbocycles. The summed E-state index contributed by atoms with van der Waals surface area (Å²) in [6.45, 7) is 1.52. The Balaban J connectivity index is 2.07. The second-order valence-corrected chi connectivity index (χ2v) is 8.52. The summed E-state index contributed by atoms with van der Waals surface area (Å²) in [4.78, 5) is 2.10. The molecule has 32 heavy (non-hydrogen) atoms. The lowest BCUT2D eigenvalue weighted by Gasteiger charge is -2.18. The molecule has 0 unspecified atom stereocenters. The van der Waals surface area contributed by atoms with E-state index in [-0.39, 0.29) is 0 Å². The number of hydrogen-bond acceptors (Lipinski definition) is 3. The maximum absolute atomic E-state index is 6.25. The SMILES string of the molecule is COc1ccc(/C(=C(\CCCl)c2ccc(Cl)cc2)c2ccc(OCCN(C)C)cc2)cc1. The van der Waals surface area contributed by atoms with E-state index in [0.29, 0.717) is 17.5 Å². The van der Waals surface area contributed by atoms with Crippen molar-refractivity contribution < 1.29 is 9.47 Å². The van der Waals surface area contributed by atoms with Gasteiger partial charge in [-0.15, -0.1) is 11.6 Å². The number of benzene rings is 3. The van der Waals surface area contributed by atoms with Crippen molar-refractivity contribution in [1.29, 1.82) is 0 Å². The Morgan fingerprint density at radius 1 is 0.781 bits per heavy atom. The number of likely N-dealkylation sites (N-methyl/N-ethyl adjacent to an activating group) is 1. The number of hydrogen-bond donors (Lipinski definition) is 0. The second kappa shape index (κ2) is 12.0. The Morgan fingerprint density at radius 2 is 1.31 bits per heavy atom. The monoisotopic (exact) mass is 469 g/mol. The van der Waals surface area contributed by atoms with Crippen molar-refractivity contribution in [3.8, 4) is 11.5 Å². The summed E-state index contributed by atoms with van der Waals surface area (Å²) in [6.07, 6.45) is 0.728. The Hall–Kier alpha value is -2.46. The van der Waals surface area contributed by atoms with Gasteiger partial charge in [0.05, 0.1) is 7.11 Å². The smallest absolute Gasteiger partial charge is 0.119 e. The van der Waals surface area contributed by atoms with E-state index < -0.39 is 0 Å². The molecule has 0 aromatic heterocycles. The topological polar surface area (TPSA) is 21.7 Å². The molecule has 0 N–H and O–H groups in total. The lowest BCUT2D eigenvalue weighted by atomic mass is 9.88. The van der Waals surface area contributed by atoms with Gasteiger partial charge in [0.2, 0.25) is 0 Å². The van der Waals surface area contributed by atoms with Crippen LogP contribution in [0.15, 0.2) is 72.8 Å². The van der Waals surface area contributed by atoms with E-state index in [1.165, 1.54) is 5.57 Å². The molecule has 3 aromatic carbocycles. The van der Waals surface area contributed by atoms with Crippen molar-refractivity contribution in [2.45, 2.75) is 6.42 Å². The molecule has 0 atom stereocenters. The fraction of sp³-hybridized carbons (Fsp3) is 0.259. The van der Waals surface area contributed by atoms with Gasteiger partial charge in [-0.3, -0.25) is 0 Å². The Bertz CT molecular complexity index is 1010. The molecule has 0 spiro atoms. The third kappa shape index (κ3) is 6.52. The van der Waals surface area contributed by atoms with E-state index in [9.17, 15) is 0 Å². The molecule has 0 fully saturated rings. The Labute approximate surface area is 201 Å². The number of methoxy groups -OCH3 is 1. The zero-order chi connectivity index (χ0) is 22.9. The second-order valence-electron chi connectivity index (χ2n) is 7.70. The highest BCUT2D eigenvalue weighted by Gasteiger charge is 2.15. The van der Waals surface area contributed by atoms with Crippen molar-refractivity contribution >= 4 is 34.3 Å². The van der Waals surface area contributed by atoms with Crippen molar-refractivity contribution in [2.24, 2.45) is 0 Å². The molecule has 0 bridgehead atoms. The molecular weight excluding hydrogens is 441 g/mol. The summed E-state index contributed by atoms with van der Waals surface area (Å²) < 4.78 is 11.2. The first-order chi connectivity index (χ1) is 15.5. The van der Waals surface area contributed by atoms with Gasteiger partial charge in [-0.25, -0.2) is 0 Å². The first-order valence-corrected chi connectivity index (χ1v) is 11.5. The number of nitrogens with zero attached hydrogens (tertiary/aromatic N) is 1. The van der Waals surface area contributed by atoms with Crippen LogP contribution in [0, 0.1) is 0 Å². The van der Waals surface area contributed by atoms with Gasteiger partial charge >= 0.3 is 0 Å². The molecule has 5 heteroatoms. The van der Waals surface area contributed by atoms with Gasteiger partial charge in [-0.1, -0.05) is 48.0 Å². The van der Waals surface area contributed by atoms with Gasteiger partial charge < -0.3 is 14.4 Å². The van der Waals surface area contributed by atoms with Crippen LogP contribution in [0.3, 0.4) is 0 Å². The van der Waals surface area contributed by atoms with Crippen molar-refractivity contribution in [1.82, 2.24) is 4.90 Å².